The molecule has 0 saturated carbocycles. The Kier molecular flexibility index (Phi) is 2.33. The van der Waals surface area contributed by atoms with Crippen LogP contribution in [0.15, 0.2) is 41.7 Å². The highest BCUT2D eigenvalue weighted by Crippen LogP contribution is 2.14. The summed E-state index contributed by atoms with van der Waals surface area (Å²) in [5.74, 6) is 0. The maximum Gasteiger partial charge on any atom is 0.175 e. The van der Waals surface area contributed by atoms with Gasteiger partial charge in [0.15, 0.2) is 5.17 Å². The van der Waals surface area contributed by atoms with Crippen molar-refractivity contribution in [1.82, 2.24) is 4.98 Å². The molecular formula is C10H7ClN2O. The third kappa shape index (κ3) is 1.54. The highest BCUT2D eigenvalue weighted by Gasteiger charge is 2.01. The first-order valence-electron chi connectivity index (χ1n) is 4.04. The van der Waals surface area contributed by atoms with E-state index in [1.54, 1.807) is 18.3 Å². The van der Waals surface area contributed by atoms with Crippen molar-refractivity contribution in [3.8, 4) is 0 Å². The standard InChI is InChI=1S/C10H7ClN2O/c11-10(13-14)8-4-3-7-2-1-5-12-9(7)6-8/h1-6,14H/b13-10-. The second kappa shape index (κ2) is 3.64. The highest BCUT2D eigenvalue weighted by atomic mass is 35.5. The molecule has 70 valence electrons. The molecule has 3 nitrogen and oxygen atoms in total. The molecule has 0 spiro atoms. The van der Waals surface area contributed by atoms with E-state index in [-0.39, 0.29) is 5.17 Å². The first-order chi connectivity index (χ1) is 6.81. The van der Waals surface area contributed by atoms with E-state index in [0.29, 0.717) is 5.56 Å². The van der Waals surface area contributed by atoms with Crippen LogP contribution in [0.4, 0.5) is 0 Å². The van der Waals surface area contributed by atoms with E-state index < -0.39 is 0 Å². The zero-order chi connectivity index (χ0) is 9.97. The van der Waals surface area contributed by atoms with Gasteiger partial charge in [-0.3, -0.25) is 4.98 Å². The van der Waals surface area contributed by atoms with Gasteiger partial charge in [-0.1, -0.05) is 35.0 Å². The summed E-state index contributed by atoms with van der Waals surface area (Å²) in [6, 6.07) is 9.26. The first-order valence-corrected chi connectivity index (χ1v) is 4.42. The maximum absolute atomic E-state index is 8.50. The lowest BCUT2D eigenvalue weighted by atomic mass is 10.1. The van der Waals surface area contributed by atoms with Crippen LogP contribution in [0.1, 0.15) is 5.56 Å². The van der Waals surface area contributed by atoms with Gasteiger partial charge in [0.05, 0.1) is 5.52 Å². The Bertz CT molecular complexity index is 496. The molecule has 1 aromatic heterocycles. The quantitative estimate of drug-likeness (QED) is 0.443. The summed E-state index contributed by atoms with van der Waals surface area (Å²) in [4.78, 5) is 4.16. The zero-order valence-electron chi connectivity index (χ0n) is 7.18. The summed E-state index contributed by atoms with van der Waals surface area (Å²) in [6.45, 7) is 0. The molecule has 1 aromatic carbocycles. The molecule has 0 amide bonds. The Balaban J connectivity index is 2.62. The molecule has 0 unspecified atom stereocenters. The Labute approximate surface area is 85.6 Å². The Hall–Kier alpha value is -1.61. The molecule has 0 aliphatic rings. The van der Waals surface area contributed by atoms with Gasteiger partial charge in [0.2, 0.25) is 0 Å². The number of pyridine rings is 1. The molecule has 0 radical (unpaired) electrons. The molecule has 1 N–H and O–H groups in total. The molecular weight excluding hydrogens is 200 g/mol. The third-order valence-electron chi connectivity index (χ3n) is 1.93. The van der Waals surface area contributed by atoms with Gasteiger partial charge >= 0.3 is 0 Å². The van der Waals surface area contributed by atoms with Gasteiger partial charge < -0.3 is 5.21 Å². The van der Waals surface area contributed by atoms with Gasteiger partial charge in [0.25, 0.3) is 0 Å². The molecule has 0 saturated heterocycles. The first kappa shape index (κ1) is 8.97. The smallest absolute Gasteiger partial charge is 0.175 e. The van der Waals surface area contributed by atoms with Crippen LogP contribution in [0.2, 0.25) is 0 Å². The maximum atomic E-state index is 8.50. The largest absolute Gasteiger partial charge is 0.410 e. The third-order valence-corrected chi connectivity index (χ3v) is 2.23. The molecule has 0 bridgehead atoms. The summed E-state index contributed by atoms with van der Waals surface area (Å²) < 4.78 is 0. The molecule has 0 aliphatic heterocycles. The van der Waals surface area contributed by atoms with Crippen molar-refractivity contribution < 1.29 is 5.21 Å². The fraction of sp³-hybridized carbons (Fsp3) is 0. The summed E-state index contributed by atoms with van der Waals surface area (Å²) in [5, 5.41) is 12.5. The molecule has 2 rings (SSSR count). The van der Waals surface area contributed by atoms with Crippen LogP contribution in [0.25, 0.3) is 10.9 Å². The zero-order valence-corrected chi connectivity index (χ0v) is 7.94. The average Bonchev–Trinajstić information content (AvgIpc) is 2.27. The molecule has 2 aromatic rings. The van der Waals surface area contributed by atoms with Gasteiger partial charge in [-0.05, 0) is 12.1 Å². The van der Waals surface area contributed by atoms with E-state index in [0.717, 1.165) is 10.9 Å². The van der Waals surface area contributed by atoms with Crippen LogP contribution >= 0.6 is 11.6 Å². The minimum atomic E-state index is 0.0672. The minimum Gasteiger partial charge on any atom is -0.410 e. The van der Waals surface area contributed by atoms with Crippen molar-refractivity contribution in [3.05, 3.63) is 42.1 Å². The van der Waals surface area contributed by atoms with Crippen molar-refractivity contribution in [2.75, 3.05) is 0 Å². The molecule has 0 atom stereocenters. The summed E-state index contributed by atoms with van der Waals surface area (Å²) in [5.41, 5.74) is 1.48. The van der Waals surface area contributed by atoms with E-state index in [2.05, 4.69) is 10.1 Å². The topological polar surface area (TPSA) is 45.5 Å². The fourth-order valence-corrected chi connectivity index (χ4v) is 1.37. The van der Waals surface area contributed by atoms with E-state index >= 15 is 0 Å². The van der Waals surface area contributed by atoms with Crippen molar-refractivity contribution in [2.45, 2.75) is 0 Å². The number of halogens is 1. The SMILES string of the molecule is O/N=C(\Cl)c1ccc2cccnc2c1. The minimum absolute atomic E-state index is 0.0672. The Morgan fingerprint density at radius 2 is 2.21 bits per heavy atom. The highest BCUT2D eigenvalue weighted by molar-refractivity contribution is 6.69. The normalized spacial score (nSPS) is 11.9. The molecule has 4 heteroatoms. The van der Waals surface area contributed by atoms with Crippen molar-refractivity contribution >= 4 is 27.7 Å². The van der Waals surface area contributed by atoms with Crippen molar-refractivity contribution in [2.24, 2.45) is 5.16 Å². The number of aromatic nitrogens is 1. The number of benzene rings is 1. The lowest BCUT2D eigenvalue weighted by Gasteiger charge is -1.99. The predicted octanol–water partition coefficient (Wildman–Crippen LogP) is 2.61. The van der Waals surface area contributed by atoms with E-state index in [1.807, 2.05) is 18.2 Å². The molecule has 14 heavy (non-hydrogen) atoms. The number of fused-ring (bicyclic) bond motifs is 1. The summed E-state index contributed by atoms with van der Waals surface area (Å²) in [6.07, 6.45) is 1.70. The second-order valence-corrected chi connectivity index (χ2v) is 3.16. The van der Waals surface area contributed by atoms with Crippen LogP contribution in [0.3, 0.4) is 0 Å². The van der Waals surface area contributed by atoms with E-state index in [4.69, 9.17) is 16.8 Å². The van der Waals surface area contributed by atoms with Gasteiger partial charge in [-0.25, -0.2) is 0 Å². The number of nitrogens with zero attached hydrogens (tertiary/aromatic N) is 2. The van der Waals surface area contributed by atoms with E-state index in [1.165, 1.54) is 0 Å². The summed E-state index contributed by atoms with van der Waals surface area (Å²) in [7, 11) is 0. The predicted molar refractivity (Wildman–Crippen MR) is 55.9 cm³/mol. The molecule has 1 heterocycles. The number of hydrogen-bond donors (Lipinski definition) is 1. The number of oxime groups is 1. The van der Waals surface area contributed by atoms with Gasteiger partial charge in [-0.2, -0.15) is 0 Å². The second-order valence-electron chi connectivity index (χ2n) is 2.80. The van der Waals surface area contributed by atoms with Crippen molar-refractivity contribution in [3.63, 3.8) is 0 Å². The summed E-state index contributed by atoms with van der Waals surface area (Å²) >= 11 is 5.66. The lowest BCUT2D eigenvalue weighted by Crippen LogP contribution is -1.91. The lowest BCUT2D eigenvalue weighted by molar-refractivity contribution is 0.321. The fourth-order valence-electron chi connectivity index (χ4n) is 1.25. The Morgan fingerprint density at radius 1 is 1.36 bits per heavy atom. The van der Waals surface area contributed by atoms with Gasteiger partial charge in [-0.15, -0.1) is 0 Å². The van der Waals surface area contributed by atoms with Crippen LogP contribution in [-0.2, 0) is 0 Å². The number of rotatable bonds is 1. The monoisotopic (exact) mass is 206 g/mol. The number of hydrogen-bond acceptors (Lipinski definition) is 3. The van der Waals surface area contributed by atoms with Crippen LogP contribution in [0, 0.1) is 0 Å². The van der Waals surface area contributed by atoms with Gasteiger partial charge in [0.1, 0.15) is 0 Å². The molecule has 0 fully saturated rings. The average molecular weight is 207 g/mol. The van der Waals surface area contributed by atoms with Crippen LogP contribution in [0.5, 0.6) is 0 Å². The van der Waals surface area contributed by atoms with Crippen molar-refractivity contribution in [1.29, 1.82) is 0 Å². The van der Waals surface area contributed by atoms with Crippen LogP contribution < -0.4 is 0 Å². The Morgan fingerprint density at radius 3 is 3.00 bits per heavy atom. The van der Waals surface area contributed by atoms with Crippen LogP contribution in [-0.4, -0.2) is 15.4 Å². The molecule has 0 aliphatic carbocycles. The van der Waals surface area contributed by atoms with Gasteiger partial charge in [0, 0.05) is 17.1 Å². The van der Waals surface area contributed by atoms with E-state index in [9.17, 15) is 0 Å².